The fourth-order valence-corrected chi connectivity index (χ4v) is 2.54. The molecule has 0 aromatic carbocycles. The summed E-state index contributed by atoms with van der Waals surface area (Å²) in [6.45, 7) is 7.73. The van der Waals surface area contributed by atoms with E-state index >= 15 is 0 Å². The summed E-state index contributed by atoms with van der Waals surface area (Å²) in [6, 6.07) is 5.52. The maximum absolute atomic E-state index is 12.3. The van der Waals surface area contributed by atoms with E-state index in [-0.39, 0.29) is 5.91 Å². The summed E-state index contributed by atoms with van der Waals surface area (Å²) in [6.07, 6.45) is 6.42. The second-order valence-electron chi connectivity index (χ2n) is 7.62. The zero-order valence-corrected chi connectivity index (χ0v) is 15.3. The van der Waals surface area contributed by atoms with Gasteiger partial charge in [0.05, 0.1) is 11.2 Å². The van der Waals surface area contributed by atoms with E-state index in [0.29, 0.717) is 12.5 Å². The maximum atomic E-state index is 12.3. The number of carbonyl (C=O) groups excluding carboxylic acids is 2. The molecule has 1 aromatic heterocycles. The third-order valence-corrected chi connectivity index (χ3v) is 3.98. The van der Waals surface area contributed by atoms with Gasteiger partial charge in [0.25, 0.3) is 0 Å². The molecule has 1 aliphatic carbocycles. The quantitative estimate of drug-likeness (QED) is 0.777. The predicted molar refractivity (Wildman–Crippen MR) is 96.8 cm³/mol. The first-order valence-electron chi connectivity index (χ1n) is 8.56. The molecule has 1 heterocycles. The largest absolute Gasteiger partial charge is 0.444 e. The number of nitrogens with one attached hydrogen (secondary N) is 2. The van der Waals surface area contributed by atoms with Crippen LogP contribution in [0.1, 0.15) is 46.2 Å². The standard InChI is InChI=1S/C19H27N3O3/c1-18(2,3)25-17(24)21-13-19(4,14-8-9-14)22-16(23)11-10-15-7-5-6-12-20-15/h5-7,10-12,14H,8-9,13H2,1-4H3,(H,21,24)(H,22,23). The first kappa shape index (κ1) is 19.0. The number of amides is 2. The Morgan fingerprint density at radius 3 is 2.56 bits per heavy atom. The average Bonchev–Trinajstić information content (AvgIpc) is 3.36. The smallest absolute Gasteiger partial charge is 0.407 e. The Bertz CT molecular complexity index is 633. The normalized spacial score (nSPS) is 17.0. The molecule has 136 valence electrons. The lowest BCUT2D eigenvalue weighted by molar-refractivity contribution is -0.118. The number of hydrogen-bond acceptors (Lipinski definition) is 4. The van der Waals surface area contributed by atoms with Gasteiger partial charge in [0.2, 0.25) is 5.91 Å². The first-order chi connectivity index (χ1) is 11.7. The summed E-state index contributed by atoms with van der Waals surface area (Å²) in [5.74, 6) is 0.153. The van der Waals surface area contributed by atoms with Gasteiger partial charge >= 0.3 is 6.09 Å². The fraction of sp³-hybridized carbons (Fsp3) is 0.526. The maximum Gasteiger partial charge on any atom is 0.407 e. The Kier molecular flexibility index (Phi) is 5.82. The highest BCUT2D eigenvalue weighted by atomic mass is 16.6. The van der Waals surface area contributed by atoms with Gasteiger partial charge in [-0.3, -0.25) is 9.78 Å². The summed E-state index contributed by atoms with van der Waals surface area (Å²) in [4.78, 5) is 28.3. The number of hydrogen-bond donors (Lipinski definition) is 2. The molecule has 1 saturated carbocycles. The molecular formula is C19H27N3O3. The molecule has 6 nitrogen and oxygen atoms in total. The zero-order valence-electron chi connectivity index (χ0n) is 15.3. The molecule has 2 amide bonds. The van der Waals surface area contributed by atoms with E-state index in [0.717, 1.165) is 18.5 Å². The zero-order chi connectivity index (χ0) is 18.5. The van der Waals surface area contributed by atoms with Crippen molar-refractivity contribution < 1.29 is 14.3 Å². The van der Waals surface area contributed by atoms with Crippen LogP contribution in [0.2, 0.25) is 0 Å². The molecule has 6 heteroatoms. The second-order valence-corrected chi connectivity index (χ2v) is 7.62. The molecule has 1 atom stereocenters. The van der Waals surface area contributed by atoms with Gasteiger partial charge in [-0.05, 0) is 64.7 Å². The van der Waals surface area contributed by atoms with Crippen molar-refractivity contribution >= 4 is 18.1 Å². The van der Waals surface area contributed by atoms with Crippen LogP contribution in [-0.2, 0) is 9.53 Å². The SMILES string of the molecule is CC(C)(C)OC(=O)NCC(C)(NC(=O)C=Cc1ccccn1)C1CC1. The fourth-order valence-electron chi connectivity index (χ4n) is 2.54. The van der Waals surface area contributed by atoms with E-state index in [1.54, 1.807) is 12.3 Å². The van der Waals surface area contributed by atoms with Crippen LogP contribution in [-0.4, -0.2) is 34.7 Å². The number of rotatable bonds is 6. The highest BCUT2D eigenvalue weighted by Gasteiger charge is 2.42. The van der Waals surface area contributed by atoms with Crippen molar-refractivity contribution in [3.63, 3.8) is 0 Å². The second kappa shape index (κ2) is 7.68. The number of alkyl carbamates (subject to hydrolysis) is 1. The third-order valence-electron chi connectivity index (χ3n) is 3.98. The number of nitrogens with zero attached hydrogens (tertiary/aromatic N) is 1. The number of carbonyl (C=O) groups is 2. The lowest BCUT2D eigenvalue weighted by atomic mass is 9.95. The minimum Gasteiger partial charge on any atom is -0.444 e. The van der Waals surface area contributed by atoms with E-state index in [2.05, 4.69) is 15.6 Å². The van der Waals surface area contributed by atoms with E-state index in [1.165, 1.54) is 6.08 Å². The molecule has 0 bridgehead atoms. The Morgan fingerprint density at radius 1 is 1.28 bits per heavy atom. The Morgan fingerprint density at radius 2 is 2.00 bits per heavy atom. The lowest BCUT2D eigenvalue weighted by Crippen LogP contribution is -2.55. The molecule has 0 spiro atoms. The van der Waals surface area contributed by atoms with Gasteiger partial charge in [0.1, 0.15) is 5.60 Å². The predicted octanol–water partition coefficient (Wildman–Crippen LogP) is 2.90. The molecule has 2 N–H and O–H groups in total. The summed E-state index contributed by atoms with van der Waals surface area (Å²) in [7, 11) is 0. The van der Waals surface area contributed by atoms with Crippen LogP contribution in [0.4, 0.5) is 4.79 Å². The number of ether oxygens (including phenoxy) is 1. The van der Waals surface area contributed by atoms with Gasteiger partial charge in [0.15, 0.2) is 0 Å². The van der Waals surface area contributed by atoms with Crippen LogP contribution in [0, 0.1) is 5.92 Å². The van der Waals surface area contributed by atoms with E-state index in [4.69, 9.17) is 4.74 Å². The minimum absolute atomic E-state index is 0.203. The highest BCUT2D eigenvalue weighted by Crippen LogP contribution is 2.39. The summed E-state index contributed by atoms with van der Waals surface area (Å²) in [5, 5.41) is 5.79. The summed E-state index contributed by atoms with van der Waals surface area (Å²) >= 11 is 0. The van der Waals surface area contributed by atoms with Crippen LogP contribution in [0.3, 0.4) is 0 Å². The molecule has 1 unspecified atom stereocenters. The number of pyridine rings is 1. The molecule has 0 aliphatic heterocycles. The van der Waals surface area contributed by atoms with E-state index in [9.17, 15) is 9.59 Å². The van der Waals surface area contributed by atoms with Crippen LogP contribution >= 0.6 is 0 Å². The van der Waals surface area contributed by atoms with Crippen molar-refractivity contribution in [3.8, 4) is 0 Å². The van der Waals surface area contributed by atoms with Crippen LogP contribution in [0.5, 0.6) is 0 Å². The molecule has 1 aliphatic rings. The molecule has 2 rings (SSSR count). The molecule has 25 heavy (non-hydrogen) atoms. The van der Waals surface area contributed by atoms with Gasteiger partial charge in [-0.25, -0.2) is 4.79 Å². The Balaban J connectivity index is 1.91. The summed E-state index contributed by atoms with van der Waals surface area (Å²) < 4.78 is 5.26. The molecule has 0 radical (unpaired) electrons. The van der Waals surface area contributed by atoms with Crippen LogP contribution < -0.4 is 10.6 Å². The van der Waals surface area contributed by atoms with Crippen molar-refractivity contribution in [2.75, 3.05) is 6.54 Å². The molecule has 1 aromatic rings. The van der Waals surface area contributed by atoms with Crippen molar-refractivity contribution in [1.29, 1.82) is 0 Å². The van der Waals surface area contributed by atoms with Crippen LogP contribution in [0.15, 0.2) is 30.5 Å². The topological polar surface area (TPSA) is 80.3 Å². The van der Waals surface area contributed by atoms with Crippen molar-refractivity contribution in [1.82, 2.24) is 15.6 Å². The van der Waals surface area contributed by atoms with Crippen molar-refractivity contribution in [2.24, 2.45) is 5.92 Å². The van der Waals surface area contributed by atoms with E-state index < -0.39 is 17.2 Å². The van der Waals surface area contributed by atoms with Crippen LogP contribution in [0.25, 0.3) is 6.08 Å². The van der Waals surface area contributed by atoms with Gasteiger partial charge < -0.3 is 15.4 Å². The average molecular weight is 345 g/mol. The van der Waals surface area contributed by atoms with Crippen molar-refractivity contribution in [2.45, 2.75) is 51.7 Å². The van der Waals surface area contributed by atoms with Gasteiger partial charge in [0, 0.05) is 18.8 Å². The Hall–Kier alpha value is -2.37. The monoisotopic (exact) mass is 345 g/mol. The highest BCUT2D eigenvalue weighted by molar-refractivity contribution is 5.92. The minimum atomic E-state index is -0.547. The first-order valence-corrected chi connectivity index (χ1v) is 8.56. The molecule has 1 fully saturated rings. The lowest BCUT2D eigenvalue weighted by Gasteiger charge is -2.31. The van der Waals surface area contributed by atoms with Gasteiger partial charge in [-0.2, -0.15) is 0 Å². The van der Waals surface area contributed by atoms with Crippen molar-refractivity contribution in [3.05, 3.63) is 36.2 Å². The third kappa shape index (κ3) is 6.57. The summed E-state index contributed by atoms with van der Waals surface area (Å²) in [5.41, 5.74) is -0.324. The molecule has 0 saturated heterocycles. The van der Waals surface area contributed by atoms with Gasteiger partial charge in [-0.1, -0.05) is 6.07 Å². The molecular weight excluding hydrogens is 318 g/mol. The van der Waals surface area contributed by atoms with E-state index in [1.807, 2.05) is 45.9 Å². The number of aromatic nitrogens is 1. The Labute approximate surface area is 149 Å². The van der Waals surface area contributed by atoms with Gasteiger partial charge in [-0.15, -0.1) is 0 Å².